The first-order valence-corrected chi connectivity index (χ1v) is 8.15. The number of esters is 1. The van der Waals surface area contributed by atoms with E-state index in [0.717, 1.165) is 5.56 Å². The number of ether oxygens (including phenoxy) is 1. The topological polar surface area (TPSA) is 84.6 Å². The first kappa shape index (κ1) is 16.8. The van der Waals surface area contributed by atoms with Crippen molar-refractivity contribution >= 4 is 27.6 Å². The zero-order valence-electron chi connectivity index (χ0n) is 14.3. The molecule has 0 amide bonds. The molecule has 0 radical (unpaired) electrons. The van der Waals surface area contributed by atoms with E-state index in [2.05, 4.69) is 4.98 Å². The number of carbonyl (C=O) groups excluding carboxylic acids is 1. The summed E-state index contributed by atoms with van der Waals surface area (Å²) in [5, 5.41) is 22.2. The van der Waals surface area contributed by atoms with E-state index in [1.54, 1.807) is 30.5 Å². The summed E-state index contributed by atoms with van der Waals surface area (Å²) in [4.78, 5) is 16.5. The molecule has 0 saturated carbocycles. The zero-order valence-corrected chi connectivity index (χ0v) is 14.3. The second-order valence-corrected chi connectivity index (χ2v) is 6.11. The number of fused-ring (bicyclic) bond motifs is 2. The summed E-state index contributed by atoms with van der Waals surface area (Å²) in [5.41, 5.74) is 1.15. The van der Waals surface area contributed by atoms with Crippen LogP contribution in [-0.2, 0) is 11.3 Å². The van der Waals surface area contributed by atoms with Crippen LogP contribution in [0.2, 0.25) is 0 Å². The average molecular weight is 366 g/mol. The predicted molar refractivity (Wildman–Crippen MR) is 97.4 cm³/mol. The van der Waals surface area contributed by atoms with E-state index in [1.165, 1.54) is 30.0 Å². The summed E-state index contributed by atoms with van der Waals surface area (Å²) in [6.07, 6.45) is 3.05. The number of hydrogen-bond donors (Lipinski definition) is 2. The average Bonchev–Trinajstić information content (AvgIpc) is 3.00. The van der Waals surface area contributed by atoms with Crippen LogP contribution in [0.3, 0.4) is 0 Å². The van der Waals surface area contributed by atoms with Crippen LogP contribution in [0.5, 0.6) is 11.6 Å². The van der Waals surface area contributed by atoms with Gasteiger partial charge in [0.25, 0.3) is 0 Å². The van der Waals surface area contributed by atoms with E-state index >= 15 is 0 Å². The van der Waals surface area contributed by atoms with E-state index in [-0.39, 0.29) is 40.5 Å². The SMILES string of the molecule is COC(=O)c1c2cccnc2c(O)c2c(O)n(Cc3ccc(F)cc3)cc12. The Kier molecular flexibility index (Phi) is 3.92. The van der Waals surface area contributed by atoms with Crippen molar-refractivity contribution in [3.8, 4) is 11.6 Å². The number of phenols is 1. The van der Waals surface area contributed by atoms with Gasteiger partial charge in [-0.05, 0) is 23.8 Å². The Morgan fingerprint density at radius 3 is 2.63 bits per heavy atom. The predicted octanol–water partition coefficient (Wildman–Crippen LogP) is 3.57. The first-order valence-electron chi connectivity index (χ1n) is 8.15. The molecule has 0 aliphatic carbocycles. The standard InChI is InChI=1S/C20H15FN2O4/c1-27-20(26)15-13-3-2-8-22-17(13)18(24)16-14(15)10-23(19(16)25)9-11-4-6-12(21)7-5-11/h2-8,10,24-25H,9H2,1H3. The third-order valence-corrected chi connectivity index (χ3v) is 4.51. The van der Waals surface area contributed by atoms with Crippen molar-refractivity contribution in [3.05, 3.63) is 65.7 Å². The Balaban J connectivity index is 2.00. The van der Waals surface area contributed by atoms with Gasteiger partial charge in [0.2, 0.25) is 5.88 Å². The molecule has 4 rings (SSSR count). The van der Waals surface area contributed by atoms with Crippen LogP contribution in [0, 0.1) is 5.82 Å². The fourth-order valence-electron chi connectivity index (χ4n) is 3.26. The monoisotopic (exact) mass is 366 g/mol. The van der Waals surface area contributed by atoms with Gasteiger partial charge in [0, 0.05) is 23.2 Å². The normalized spacial score (nSPS) is 11.2. The molecule has 2 N–H and O–H groups in total. The highest BCUT2D eigenvalue weighted by atomic mass is 19.1. The van der Waals surface area contributed by atoms with Crippen molar-refractivity contribution in [2.45, 2.75) is 6.54 Å². The molecule has 136 valence electrons. The van der Waals surface area contributed by atoms with E-state index in [9.17, 15) is 19.4 Å². The molecule has 2 aromatic carbocycles. The van der Waals surface area contributed by atoms with Crippen LogP contribution in [-0.4, -0.2) is 32.8 Å². The fraction of sp³-hybridized carbons (Fsp3) is 0.100. The lowest BCUT2D eigenvalue weighted by molar-refractivity contribution is 0.0605. The molecular weight excluding hydrogens is 351 g/mol. The van der Waals surface area contributed by atoms with E-state index in [1.807, 2.05) is 0 Å². The number of rotatable bonds is 3. The van der Waals surface area contributed by atoms with Crippen LogP contribution in [0.15, 0.2) is 48.8 Å². The summed E-state index contributed by atoms with van der Waals surface area (Å²) < 4.78 is 19.5. The number of nitrogens with zero attached hydrogens (tertiary/aromatic N) is 2. The Bertz CT molecular complexity index is 1180. The second-order valence-electron chi connectivity index (χ2n) is 6.11. The molecule has 0 bridgehead atoms. The molecule has 0 unspecified atom stereocenters. The summed E-state index contributed by atoms with van der Waals surface area (Å²) in [7, 11) is 1.26. The van der Waals surface area contributed by atoms with E-state index < -0.39 is 5.97 Å². The number of pyridine rings is 1. The highest BCUT2D eigenvalue weighted by Crippen LogP contribution is 2.42. The minimum absolute atomic E-state index is 0.115. The maximum absolute atomic E-state index is 13.1. The second kappa shape index (κ2) is 6.28. The lowest BCUT2D eigenvalue weighted by atomic mass is 10.0. The molecule has 2 aromatic heterocycles. The third kappa shape index (κ3) is 2.64. The van der Waals surface area contributed by atoms with Crippen LogP contribution in [0.25, 0.3) is 21.7 Å². The van der Waals surface area contributed by atoms with Gasteiger partial charge in [-0.15, -0.1) is 0 Å². The van der Waals surface area contributed by atoms with Gasteiger partial charge >= 0.3 is 5.97 Å². The fourth-order valence-corrected chi connectivity index (χ4v) is 3.26. The van der Waals surface area contributed by atoms with Gasteiger partial charge in [-0.25, -0.2) is 9.18 Å². The number of benzene rings is 2. The Hall–Kier alpha value is -3.61. The molecular formula is C20H15FN2O4. The number of aromatic nitrogens is 2. The Morgan fingerprint density at radius 2 is 1.93 bits per heavy atom. The van der Waals surface area contributed by atoms with Gasteiger partial charge in [0.05, 0.1) is 24.6 Å². The van der Waals surface area contributed by atoms with Crippen molar-refractivity contribution in [1.82, 2.24) is 9.55 Å². The highest BCUT2D eigenvalue weighted by Gasteiger charge is 2.24. The van der Waals surface area contributed by atoms with Crippen LogP contribution < -0.4 is 0 Å². The van der Waals surface area contributed by atoms with Crippen molar-refractivity contribution in [2.24, 2.45) is 0 Å². The van der Waals surface area contributed by atoms with Gasteiger partial charge < -0.3 is 19.5 Å². The number of phenolic OH excluding ortho intramolecular Hbond substituents is 1. The van der Waals surface area contributed by atoms with Gasteiger partial charge in [-0.3, -0.25) is 4.98 Å². The van der Waals surface area contributed by atoms with Gasteiger partial charge in [-0.1, -0.05) is 18.2 Å². The number of methoxy groups -OCH3 is 1. The molecule has 2 heterocycles. The van der Waals surface area contributed by atoms with Gasteiger partial charge in [0.15, 0.2) is 5.75 Å². The lowest BCUT2D eigenvalue weighted by Gasteiger charge is -2.08. The number of halogens is 1. The van der Waals surface area contributed by atoms with Gasteiger partial charge in [-0.2, -0.15) is 0 Å². The molecule has 4 aromatic rings. The largest absolute Gasteiger partial charge is 0.505 e. The molecule has 0 atom stereocenters. The maximum Gasteiger partial charge on any atom is 0.339 e. The van der Waals surface area contributed by atoms with Crippen LogP contribution in [0.1, 0.15) is 15.9 Å². The van der Waals surface area contributed by atoms with E-state index in [0.29, 0.717) is 10.8 Å². The maximum atomic E-state index is 13.1. The highest BCUT2D eigenvalue weighted by molar-refractivity contribution is 6.19. The summed E-state index contributed by atoms with van der Waals surface area (Å²) >= 11 is 0. The summed E-state index contributed by atoms with van der Waals surface area (Å²) in [6, 6.07) is 9.14. The quantitative estimate of drug-likeness (QED) is 0.542. The zero-order chi connectivity index (χ0) is 19.1. The van der Waals surface area contributed by atoms with E-state index in [4.69, 9.17) is 4.74 Å². The summed E-state index contributed by atoms with van der Waals surface area (Å²) in [5.74, 6) is -1.39. The van der Waals surface area contributed by atoms with Crippen molar-refractivity contribution in [2.75, 3.05) is 7.11 Å². The molecule has 6 nitrogen and oxygen atoms in total. The molecule has 0 aliphatic rings. The Morgan fingerprint density at radius 1 is 1.19 bits per heavy atom. The minimum Gasteiger partial charge on any atom is -0.505 e. The van der Waals surface area contributed by atoms with Crippen LogP contribution >= 0.6 is 0 Å². The summed E-state index contributed by atoms with van der Waals surface area (Å²) in [6.45, 7) is 0.227. The van der Waals surface area contributed by atoms with Crippen LogP contribution in [0.4, 0.5) is 4.39 Å². The smallest absolute Gasteiger partial charge is 0.339 e. The molecule has 0 saturated heterocycles. The molecule has 0 fully saturated rings. The number of aromatic hydroxyl groups is 2. The third-order valence-electron chi connectivity index (χ3n) is 4.51. The molecule has 27 heavy (non-hydrogen) atoms. The molecule has 0 aliphatic heterocycles. The van der Waals surface area contributed by atoms with Crippen molar-refractivity contribution in [3.63, 3.8) is 0 Å². The first-order chi connectivity index (χ1) is 13.0. The lowest BCUT2D eigenvalue weighted by Crippen LogP contribution is -2.03. The minimum atomic E-state index is -0.600. The van der Waals surface area contributed by atoms with Gasteiger partial charge in [0.1, 0.15) is 11.3 Å². The molecule has 7 heteroatoms. The molecule has 0 spiro atoms. The van der Waals surface area contributed by atoms with Crippen molar-refractivity contribution in [1.29, 1.82) is 0 Å². The number of carbonyl (C=O) groups is 1. The Labute approximate surface area is 153 Å². The van der Waals surface area contributed by atoms with Crippen molar-refractivity contribution < 1.29 is 24.1 Å². The number of hydrogen-bond acceptors (Lipinski definition) is 5.